The molecule has 0 saturated heterocycles. The van der Waals surface area contributed by atoms with Gasteiger partial charge in [-0.2, -0.15) is 0 Å². The Hall–Kier alpha value is -1.89. The topological polar surface area (TPSA) is 22.3 Å². The first-order valence-electron chi connectivity index (χ1n) is 4.54. The number of hydrogen-bond acceptors (Lipinski definition) is 0. The molecule has 2 aromatic carbocycles. The molecule has 0 amide bonds. The highest BCUT2D eigenvalue weighted by atomic mass is 14.4. The van der Waals surface area contributed by atoms with Crippen LogP contribution in [0.2, 0.25) is 0 Å². The van der Waals surface area contributed by atoms with E-state index in [-0.39, 0.29) is 0 Å². The third kappa shape index (κ3) is 1.72. The van der Waals surface area contributed by atoms with Gasteiger partial charge in [0, 0.05) is 0 Å². The van der Waals surface area contributed by atoms with Crippen LogP contribution in [0, 0.1) is 0 Å². The first kappa shape index (κ1) is 8.70. The van der Waals surface area contributed by atoms with Crippen LogP contribution in [0.25, 0.3) is 5.41 Å². The second-order valence-electron chi connectivity index (χ2n) is 3.08. The van der Waals surface area contributed by atoms with Gasteiger partial charge in [0.15, 0.2) is 0 Å². The molecule has 14 heavy (non-hydrogen) atoms. The average molecular weight is 180 g/mol. The molecule has 0 heterocycles. The maximum atomic E-state index is 9.91. The van der Waals surface area contributed by atoms with E-state index in [4.69, 9.17) is 0 Å². The van der Waals surface area contributed by atoms with Crippen molar-refractivity contribution in [2.45, 2.75) is 0 Å². The van der Waals surface area contributed by atoms with Crippen LogP contribution in [0.3, 0.4) is 0 Å². The molecular weight excluding hydrogens is 170 g/mol. The van der Waals surface area contributed by atoms with Crippen molar-refractivity contribution < 1.29 is 0 Å². The molecule has 0 aliphatic rings. The zero-order valence-electron chi connectivity index (χ0n) is 7.72. The van der Waals surface area contributed by atoms with Crippen molar-refractivity contribution in [2.75, 3.05) is 0 Å². The smallest absolute Gasteiger partial charge is 0.0414 e. The minimum absolute atomic E-state index is 0.325. The molecule has 0 saturated carbocycles. The van der Waals surface area contributed by atoms with Gasteiger partial charge in [0.1, 0.15) is 0 Å². The Morgan fingerprint density at radius 1 is 0.643 bits per heavy atom. The van der Waals surface area contributed by atoms with Crippen molar-refractivity contribution in [2.24, 2.45) is 0 Å². The molecule has 0 atom stereocenters. The first-order valence-corrected chi connectivity index (χ1v) is 4.54. The molecular formula is C13H10N-. The van der Waals surface area contributed by atoms with E-state index in [1.165, 1.54) is 0 Å². The summed E-state index contributed by atoms with van der Waals surface area (Å²) < 4.78 is 0. The Balaban J connectivity index is 2.35. The number of rotatable bonds is 2. The minimum Gasteiger partial charge on any atom is -0.803 e. The molecule has 2 rings (SSSR count). The maximum Gasteiger partial charge on any atom is -0.0414 e. The summed E-state index contributed by atoms with van der Waals surface area (Å²) in [5.74, 6) is 0. The monoisotopic (exact) mass is 180 g/mol. The zero-order valence-corrected chi connectivity index (χ0v) is 7.72. The average Bonchev–Trinajstić information content (AvgIpc) is 2.30. The van der Waals surface area contributed by atoms with Gasteiger partial charge in [-0.1, -0.05) is 60.7 Å². The van der Waals surface area contributed by atoms with E-state index >= 15 is 0 Å². The van der Waals surface area contributed by atoms with E-state index in [1.54, 1.807) is 0 Å². The van der Waals surface area contributed by atoms with Gasteiger partial charge in [0.25, 0.3) is 0 Å². The SMILES string of the molecule is [N-]=C(c1ccccc1)c1ccccc1. The predicted octanol–water partition coefficient (Wildman–Crippen LogP) is 3.09. The Morgan fingerprint density at radius 2 is 1.00 bits per heavy atom. The van der Waals surface area contributed by atoms with Crippen molar-refractivity contribution in [3.63, 3.8) is 0 Å². The number of hydrogen-bond donors (Lipinski definition) is 0. The molecule has 0 fully saturated rings. The van der Waals surface area contributed by atoms with Gasteiger partial charge in [-0.05, 0) is 11.1 Å². The largest absolute Gasteiger partial charge is 0.803 e. The van der Waals surface area contributed by atoms with Crippen LogP contribution in [-0.2, 0) is 0 Å². The van der Waals surface area contributed by atoms with Crippen LogP contribution < -0.4 is 0 Å². The van der Waals surface area contributed by atoms with Gasteiger partial charge >= 0.3 is 0 Å². The zero-order chi connectivity index (χ0) is 9.80. The molecule has 0 aromatic heterocycles. The summed E-state index contributed by atoms with van der Waals surface area (Å²) >= 11 is 0. The van der Waals surface area contributed by atoms with Gasteiger partial charge in [-0.25, -0.2) is 0 Å². The normalized spacial score (nSPS) is 9.71. The van der Waals surface area contributed by atoms with E-state index in [9.17, 15) is 5.41 Å². The molecule has 0 aliphatic heterocycles. The maximum absolute atomic E-state index is 9.91. The molecule has 0 radical (unpaired) electrons. The highest BCUT2D eigenvalue weighted by Crippen LogP contribution is 2.08. The van der Waals surface area contributed by atoms with Crippen molar-refractivity contribution in [3.05, 3.63) is 77.2 Å². The first-order chi connectivity index (χ1) is 6.88. The highest BCUT2D eigenvalue weighted by Gasteiger charge is 1.93. The molecule has 1 nitrogen and oxygen atoms in total. The van der Waals surface area contributed by atoms with Gasteiger partial charge in [0.05, 0.1) is 0 Å². The third-order valence-electron chi connectivity index (χ3n) is 2.09. The van der Waals surface area contributed by atoms with E-state index in [2.05, 4.69) is 0 Å². The molecule has 0 N–H and O–H groups in total. The summed E-state index contributed by atoms with van der Waals surface area (Å²) in [5, 5.41) is 9.91. The van der Waals surface area contributed by atoms with Gasteiger partial charge in [-0.3, -0.25) is 0 Å². The summed E-state index contributed by atoms with van der Waals surface area (Å²) in [6.45, 7) is 0. The third-order valence-corrected chi connectivity index (χ3v) is 2.09. The number of nitrogens with zero attached hydrogens (tertiary/aromatic N) is 1. The van der Waals surface area contributed by atoms with Gasteiger partial charge in [-0.15, -0.1) is 5.71 Å². The Bertz CT molecular complexity index is 376. The Morgan fingerprint density at radius 3 is 1.36 bits per heavy atom. The molecule has 0 unspecified atom stereocenters. The van der Waals surface area contributed by atoms with Crippen LogP contribution in [0.15, 0.2) is 60.7 Å². The van der Waals surface area contributed by atoms with Crippen molar-refractivity contribution in [3.8, 4) is 0 Å². The molecule has 0 bridgehead atoms. The summed E-state index contributed by atoms with van der Waals surface area (Å²) in [6, 6.07) is 19.1. The molecule has 2 aromatic rings. The lowest BCUT2D eigenvalue weighted by atomic mass is 10.0. The molecule has 68 valence electrons. The van der Waals surface area contributed by atoms with Crippen LogP contribution in [0.5, 0.6) is 0 Å². The minimum atomic E-state index is 0.325. The van der Waals surface area contributed by atoms with E-state index in [0.717, 1.165) is 11.1 Å². The fourth-order valence-electron chi connectivity index (χ4n) is 1.36. The summed E-state index contributed by atoms with van der Waals surface area (Å²) in [4.78, 5) is 0. The summed E-state index contributed by atoms with van der Waals surface area (Å²) in [5.41, 5.74) is 2.02. The van der Waals surface area contributed by atoms with E-state index in [1.807, 2.05) is 60.7 Å². The van der Waals surface area contributed by atoms with E-state index in [0.29, 0.717) is 5.71 Å². The highest BCUT2D eigenvalue weighted by molar-refractivity contribution is 6.14. The molecule has 0 spiro atoms. The molecule has 1 heteroatoms. The lowest BCUT2D eigenvalue weighted by molar-refractivity contribution is 1.61. The van der Waals surface area contributed by atoms with Crippen LogP contribution in [-0.4, -0.2) is 5.71 Å². The molecule has 0 aliphatic carbocycles. The van der Waals surface area contributed by atoms with Crippen molar-refractivity contribution in [1.29, 1.82) is 0 Å². The number of benzene rings is 2. The standard InChI is InChI=1S/C13H10N/c14-13(11-7-3-1-4-8-11)12-9-5-2-6-10-12/h1-10H/q-1. The summed E-state index contributed by atoms with van der Waals surface area (Å²) in [7, 11) is 0. The lowest BCUT2D eigenvalue weighted by Gasteiger charge is -2.12. The predicted molar refractivity (Wildman–Crippen MR) is 59.5 cm³/mol. The van der Waals surface area contributed by atoms with Crippen LogP contribution >= 0.6 is 0 Å². The second kappa shape index (κ2) is 3.88. The van der Waals surface area contributed by atoms with Crippen molar-refractivity contribution in [1.82, 2.24) is 0 Å². The van der Waals surface area contributed by atoms with Crippen LogP contribution in [0.1, 0.15) is 11.1 Å². The van der Waals surface area contributed by atoms with Crippen molar-refractivity contribution >= 4 is 5.71 Å². The van der Waals surface area contributed by atoms with Gasteiger partial charge in [0.2, 0.25) is 0 Å². The second-order valence-corrected chi connectivity index (χ2v) is 3.08. The van der Waals surface area contributed by atoms with Gasteiger partial charge < -0.3 is 5.41 Å². The Kier molecular flexibility index (Phi) is 2.41. The summed E-state index contributed by atoms with van der Waals surface area (Å²) in [6.07, 6.45) is 0. The van der Waals surface area contributed by atoms with Crippen LogP contribution in [0.4, 0.5) is 0 Å². The lowest BCUT2D eigenvalue weighted by Crippen LogP contribution is -1.99. The quantitative estimate of drug-likeness (QED) is 0.634. The fourth-order valence-corrected chi connectivity index (χ4v) is 1.36. The van der Waals surface area contributed by atoms with E-state index < -0.39 is 0 Å². The fraction of sp³-hybridized carbons (Fsp3) is 0. The Labute approximate surface area is 83.5 Å².